The van der Waals surface area contributed by atoms with E-state index in [0.717, 1.165) is 27.8 Å². The van der Waals surface area contributed by atoms with Crippen LogP contribution in [0.1, 0.15) is 35.8 Å². The van der Waals surface area contributed by atoms with Gasteiger partial charge in [-0.15, -0.1) is 0 Å². The molecule has 2 N–H and O–H groups in total. The predicted molar refractivity (Wildman–Crippen MR) is 171 cm³/mol. The van der Waals surface area contributed by atoms with Gasteiger partial charge in [-0.25, -0.2) is 9.59 Å². The van der Waals surface area contributed by atoms with Gasteiger partial charge in [0, 0.05) is 16.4 Å². The lowest BCUT2D eigenvalue weighted by Crippen LogP contribution is -2.62. The molecular weight excluding hydrogens is 620 g/mol. The van der Waals surface area contributed by atoms with Crippen molar-refractivity contribution < 1.29 is 43.1 Å². The summed E-state index contributed by atoms with van der Waals surface area (Å²) in [6.07, 6.45) is -5.71. The lowest BCUT2D eigenvalue weighted by molar-refractivity contribution is -0.346. The molecule has 250 valence electrons. The van der Waals surface area contributed by atoms with Crippen molar-refractivity contribution in [2.24, 2.45) is 5.11 Å². The fraction of sp³-hybridized carbons (Fsp3) is 0.371. The first kappa shape index (κ1) is 33.2. The van der Waals surface area contributed by atoms with Gasteiger partial charge in [0.25, 0.3) is 0 Å². The number of ether oxygens (including phenoxy) is 6. The van der Waals surface area contributed by atoms with Crippen molar-refractivity contribution in [2.45, 2.75) is 61.9 Å². The van der Waals surface area contributed by atoms with Gasteiger partial charge in [0.15, 0.2) is 18.6 Å². The molecule has 8 atom stereocenters. The molecule has 0 saturated carbocycles. The molecule has 2 fully saturated rings. The van der Waals surface area contributed by atoms with Gasteiger partial charge >= 0.3 is 12.1 Å². The van der Waals surface area contributed by atoms with E-state index in [-0.39, 0.29) is 25.7 Å². The van der Waals surface area contributed by atoms with Gasteiger partial charge in [0.1, 0.15) is 31.5 Å². The second-order valence-electron chi connectivity index (χ2n) is 11.6. The largest absolute Gasteiger partial charge is 0.460 e. The number of fused-ring (bicyclic) bond motifs is 4. The number of nitrogens with one attached hydrogen (secondary N) is 1. The third-order valence-corrected chi connectivity index (χ3v) is 8.62. The van der Waals surface area contributed by atoms with Gasteiger partial charge in [-0.05, 0) is 34.7 Å². The second-order valence-corrected chi connectivity index (χ2v) is 11.6. The normalized spacial score (nSPS) is 25.6. The molecule has 2 aliphatic heterocycles. The molecule has 2 saturated heterocycles. The Kier molecular flexibility index (Phi) is 10.4. The molecule has 48 heavy (non-hydrogen) atoms. The van der Waals surface area contributed by atoms with Crippen LogP contribution in [0.15, 0.2) is 96.6 Å². The third-order valence-electron chi connectivity index (χ3n) is 8.62. The number of carbonyl (C=O) groups excluding carboxylic acids is 2. The number of alkyl carbamates (subject to hydrolysis) is 1. The zero-order valence-corrected chi connectivity index (χ0v) is 26.2. The smallest absolute Gasteiger partial charge is 0.407 e. The van der Waals surface area contributed by atoms with Crippen molar-refractivity contribution in [1.29, 1.82) is 0 Å². The molecule has 0 radical (unpaired) electrons. The Morgan fingerprint density at radius 3 is 2.38 bits per heavy atom. The number of azide groups is 1. The summed E-state index contributed by atoms with van der Waals surface area (Å²) in [5.41, 5.74) is 14.3. The SMILES string of the molecule is C=CCOC(=O)[C@@H](NC(=O)OCC1c2ccccc2-c2ccccc21)[C@@H](C)O[C@H]1O[C@@H]2CO[C@H](c3ccccc3)O[C@@H]2[C@H](O)[C@H]1N=[N+]=[N-]. The average molecular weight is 657 g/mol. The van der Waals surface area contributed by atoms with Gasteiger partial charge in [-0.3, -0.25) is 0 Å². The summed E-state index contributed by atoms with van der Waals surface area (Å²) in [6.45, 7) is 5.03. The third kappa shape index (κ3) is 6.92. The number of amides is 1. The number of nitrogens with zero attached hydrogens (tertiary/aromatic N) is 3. The molecule has 6 rings (SSSR count). The highest BCUT2D eigenvalue weighted by Crippen LogP contribution is 2.44. The maximum Gasteiger partial charge on any atom is 0.407 e. The van der Waals surface area contributed by atoms with E-state index in [9.17, 15) is 20.2 Å². The van der Waals surface area contributed by atoms with E-state index < -0.39 is 61.1 Å². The molecule has 0 aromatic heterocycles. The molecule has 13 nitrogen and oxygen atoms in total. The summed E-state index contributed by atoms with van der Waals surface area (Å²) in [6, 6.07) is 22.4. The van der Waals surface area contributed by atoms with Crippen LogP contribution in [0.3, 0.4) is 0 Å². The van der Waals surface area contributed by atoms with Gasteiger partial charge in [0.2, 0.25) is 0 Å². The zero-order valence-electron chi connectivity index (χ0n) is 26.2. The predicted octanol–water partition coefficient (Wildman–Crippen LogP) is 4.91. The summed E-state index contributed by atoms with van der Waals surface area (Å²) in [4.78, 5) is 29.2. The van der Waals surface area contributed by atoms with Crippen LogP contribution in [0.4, 0.5) is 4.79 Å². The highest BCUT2D eigenvalue weighted by atomic mass is 16.7. The minimum atomic E-state index is -1.37. The summed E-state index contributed by atoms with van der Waals surface area (Å²) in [5.74, 6) is -1.01. The van der Waals surface area contributed by atoms with Crippen LogP contribution in [-0.2, 0) is 33.2 Å². The Labute approximate surface area is 277 Å². The van der Waals surface area contributed by atoms with E-state index in [0.29, 0.717) is 0 Å². The summed E-state index contributed by atoms with van der Waals surface area (Å²) < 4.78 is 34.9. The van der Waals surface area contributed by atoms with Crippen molar-refractivity contribution in [3.8, 4) is 11.1 Å². The maximum absolute atomic E-state index is 13.2. The van der Waals surface area contributed by atoms with Crippen molar-refractivity contribution in [3.05, 3.63) is 119 Å². The summed E-state index contributed by atoms with van der Waals surface area (Å²) in [7, 11) is 0. The molecule has 3 aliphatic rings. The number of rotatable bonds is 11. The number of esters is 1. The van der Waals surface area contributed by atoms with Crippen molar-refractivity contribution in [1.82, 2.24) is 5.32 Å². The molecular formula is C35H36N4O9. The summed E-state index contributed by atoms with van der Waals surface area (Å²) in [5, 5.41) is 17.6. The van der Waals surface area contributed by atoms with Crippen LogP contribution in [0.5, 0.6) is 0 Å². The fourth-order valence-electron chi connectivity index (χ4n) is 6.31. The van der Waals surface area contributed by atoms with E-state index in [1.807, 2.05) is 78.9 Å². The van der Waals surface area contributed by atoms with E-state index in [2.05, 4.69) is 21.9 Å². The Balaban J connectivity index is 1.14. The van der Waals surface area contributed by atoms with Crippen molar-refractivity contribution >= 4 is 12.1 Å². The van der Waals surface area contributed by atoms with Crippen LogP contribution >= 0.6 is 0 Å². The molecule has 3 aromatic rings. The molecule has 13 heteroatoms. The van der Waals surface area contributed by atoms with Crippen LogP contribution in [0.2, 0.25) is 0 Å². The van der Waals surface area contributed by atoms with Crippen LogP contribution in [-0.4, -0.2) is 79.8 Å². The highest BCUT2D eigenvalue weighted by molar-refractivity contribution is 5.82. The molecule has 1 amide bonds. The Morgan fingerprint density at radius 1 is 1.04 bits per heavy atom. The van der Waals surface area contributed by atoms with Crippen molar-refractivity contribution in [2.75, 3.05) is 19.8 Å². The second kappa shape index (κ2) is 15.0. The Morgan fingerprint density at radius 2 is 1.71 bits per heavy atom. The van der Waals surface area contributed by atoms with Gasteiger partial charge in [0.05, 0.1) is 18.8 Å². The first-order valence-corrected chi connectivity index (χ1v) is 15.6. The number of carbonyl (C=O) groups is 2. The summed E-state index contributed by atoms with van der Waals surface area (Å²) >= 11 is 0. The molecule has 1 aliphatic carbocycles. The Hall–Kier alpha value is -4.75. The quantitative estimate of drug-likeness (QED) is 0.0957. The molecule has 2 heterocycles. The molecule has 3 aromatic carbocycles. The van der Waals surface area contributed by atoms with E-state index in [4.69, 9.17) is 28.4 Å². The first-order valence-electron chi connectivity index (χ1n) is 15.6. The average Bonchev–Trinajstić information content (AvgIpc) is 3.44. The lowest BCUT2D eigenvalue weighted by Gasteiger charge is -2.47. The van der Waals surface area contributed by atoms with E-state index in [1.165, 1.54) is 13.0 Å². The number of aliphatic hydroxyl groups is 1. The standard InChI is InChI=1S/C35H36N4O9/c1-3-17-43-32(41)28(37-35(42)45-18-26-24-15-9-7-13-22(24)23-14-8-10-16-25(23)26)20(2)46-34-29(38-39-36)30(40)31-27(47-34)19-44-33(48-31)21-11-5-4-6-12-21/h3-16,20,26-31,33-34,40H,1,17-19H2,2H3,(H,37,42)/t20-,27-,28+,29-,30-,31+,33+,34+/m1/s1. The lowest BCUT2D eigenvalue weighted by atomic mass is 9.96. The first-order chi connectivity index (χ1) is 23.4. The number of hydrogen-bond acceptors (Lipinski definition) is 10. The number of hydrogen-bond donors (Lipinski definition) is 2. The van der Waals surface area contributed by atoms with Crippen LogP contribution < -0.4 is 5.32 Å². The number of aliphatic hydroxyl groups excluding tert-OH is 1. The van der Waals surface area contributed by atoms with Gasteiger partial charge in [-0.1, -0.05) is 96.6 Å². The molecule has 0 bridgehead atoms. The Bertz CT molecular complexity index is 1620. The van der Waals surface area contributed by atoms with Crippen molar-refractivity contribution in [3.63, 3.8) is 0 Å². The zero-order chi connectivity index (χ0) is 33.6. The van der Waals surface area contributed by atoms with Gasteiger partial charge in [-0.2, -0.15) is 0 Å². The monoisotopic (exact) mass is 656 g/mol. The van der Waals surface area contributed by atoms with Crippen LogP contribution in [0.25, 0.3) is 21.6 Å². The van der Waals surface area contributed by atoms with E-state index >= 15 is 0 Å². The molecule has 0 unspecified atom stereocenters. The van der Waals surface area contributed by atoms with Gasteiger partial charge < -0.3 is 38.8 Å². The van der Waals surface area contributed by atoms with Crippen LogP contribution in [0, 0.1) is 0 Å². The maximum atomic E-state index is 13.2. The highest BCUT2D eigenvalue weighted by Gasteiger charge is 2.50. The molecule has 0 spiro atoms. The number of benzene rings is 3. The minimum absolute atomic E-state index is 0.0213. The van der Waals surface area contributed by atoms with E-state index in [1.54, 1.807) is 0 Å². The minimum Gasteiger partial charge on any atom is -0.460 e. The fourth-order valence-corrected chi connectivity index (χ4v) is 6.31. The topological polar surface area (TPSA) is 171 Å².